The maximum absolute atomic E-state index is 3.29. The topological polar surface area (TPSA) is 0 Å². The normalized spacial score (nSPS) is 16.9. The van der Waals surface area contributed by atoms with Gasteiger partial charge in [-0.2, -0.15) is 0 Å². The Hall–Kier alpha value is -1.57. The van der Waals surface area contributed by atoms with E-state index in [-0.39, 0.29) is 0 Å². The lowest BCUT2D eigenvalue weighted by atomic mass is 9.94. The van der Waals surface area contributed by atoms with Crippen LogP contribution in [0.3, 0.4) is 0 Å². The molecule has 0 saturated carbocycles. The first-order valence-corrected chi connectivity index (χ1v) is 6.46. The Morgan fingerprint density at radius 2 is 1.53 bits per heavy atom. The van der Waals surface area contributed by atoms with Gasteiger partial charge in [0.25, 0.3) is 0 Å². The van der Waals surface area contributed by atoms with Crippen molar-refractivity contribution in [3.8, 4) is 11.8 Å². The molecule has 1 aliphatic carbocycles. The molecule has 0 fully saturated rings. The van der Waals surface area contributed by atoms with Crippen LogP contribution in [0.1, 0.15) is 27.9 Å². The fourth-order valence-corrected chi connectivity index (χ4v) is 2.78. The van der Waals surface area contributed by atoms with Crippen LogP contribution in [0.2, 0.25) is 0 Å². The van der Waals surface area contributed by atoms with Gasteiger partial charge in [-0.05, 0) is 29.7 Å². The third-order valence-corrected chi connectivity index (χ3v) is 3.74. The van der Waals surface area contributed by atoms with Crippen LogP contribution in [-0.2, 0) is 6.42 Å². The van der Waals surface area contributed by atoms with Crippen molar-refractivity contribution in [2.24, 2.45) is 0 Å². The summed E-state index contributed by atoms with van der Waals surface area (Å²) in [6.45, 7) is 0. The molecule has 0 heterocycles. The largest absolute Gasteiger partial charge is 0.129 e. The molecule has 1 aliphatic rings. The van der Waals surface area contributed by atoms with Crippen molar-refractivity contribution in [3.05, 3.63) is 70.8 Å². The van der Waals surface area contributed by atoms with Crippen LogP contribution in [0.5, 0.6) is 0 Å². The fraction of sp³-hybridized carbons (Fsp3) is 0.125. The van der Waals surface area contributed by atoms with E-state index >= 15 is 0 Å². The summed E-state index contributed by atoms with van der Waals surface area (Å²) in [5, 5.41) is 0. The van der Waals surface area contributed by atoms with E-state index in [0.717, 1.165) is 17.5 Å². The molecule has 0 amide bonds. The Balaban J connectivity index is 2.20. The van der Waals surface area contributed by atoms with E-state index < -0.39 is 0 Å². The average molecular weight is 236 g/mol. The molecule has 0 radical (unpaired) electrons. The first-order valence-electron chi connectivity index (χ1n) is 5.79. The number of hydrogen-bond donors (Lipinski definition) is 0. The van der Waals surface area contributed by atoms with Gasteiger partial charge in [0.05, 0.1) is 0 Å². The Labute approximate surface area is 104 Å². The summed E-state index contributed by atoms with van der Waals surface area (Å²) in [5.41, 5.74) is 5.44. The van der Waals surface area contributed by atoms with Gasteiger partial charge in [-0.25, -0.2) is 0 Å². The summed E-state index contributed by atoms with van der Waals surface area (Å²) in [6.07, 6.45) is 1.03. The van der Waals surface area contributed by atoms with Crippen LogP contribution in [0, 0.1) is 11.8 Å². The van der Waals surface area contributed by atoms with E-state index in [2.05, 4.69) is 69.6 Å². The van der Waals surface area contributed by atoms with Gasteiger partial charge >= 0.3 is 0 Å². The highest BCUT2D eigenvalue weighted by atomic mass is 31.0. The SMILES string of the molecule is PC1Cc2ccccc2C#Cc2ccccc21. The van der Waals surface area contributed by atoms with Crippen LogP contribution >= 0.6 is 9.24 Å². The zero-order valence-corrected chi connectivity index (χ0v) is 10.6. The molecule has 0 aromatic heterocycles. The van der Waals surface area contributed by atoms with Gasteiger partial charge < -0.3 is 0 Å². The molecule has 1 heteroatoms. The van der Waals surface area contributed by atoms with Crippen molar-refractivity contribution >= 4 is 9.24 Å². The molecular formula is C16H13P. The molecule has 0 nitrogen and oxygen atoms in total. The number of rotatable bonds is 0. The van der Waals surface area contributed by atoms with Crippen molar-refractivity contribution in [2.75, 3.05) is 0 Å². The Kier molecular flexibility index (Phi) is 2.71. The van der Waals surface area contributed by atoms with Crippen LogP contribution in [0.4, 0.5) is 0 Å². The summed E-state index contributed by atoms with van der Waals surface area (Å²) in [4.78, 5) is 0. The summed E-state index contributed by atoms with van der Waals surface area (Å²) < 4.78 is 0. The maximum Gasteiger partial charge on any atom is 0.0287 e. The van der Waals surface area contributed by atoms with Crippen molar-refractivity contribution in [1.82, 2.24) is 0 Å². The summed E-state index contributed by atoms with van der Waals surface area (Å²) >= 11 is 0. The summed E-state index contributed by atoms with van der Waals surface area (Å²) in [5.74, 6) is 6.57. The summed E-state index contributed by atoms with van der Waals surface area (Å²) in [6, 6.07) is 16.8. The lowest BCUT2D eigenvalue weighted by molar-refractivity contribution is 0.924. The molecule has 0 bridgehead atoms. The highest BCUT2D eigenvalue weighted by molar-refractivity contribution is 7.17. The van der Waals surface area contributed by atoms with Crippen LogP contribution in [0.25, 0.3) is 0 Å². The quantitative estimate of drug-likeness (QED) is 0.484. The molecule has 3 rings (SSSR count). The minimum absolute atomic E-state index is 0.446. The summed E-state index contributed by atoms with van der Waals surface area (Å²) in [7, 11) is 2.94. The standard InChI is InChI=1S/C16H13P/c17-16-11-14-7-2-1-5-12(14)9-10-13-6-3-4-8-15(13)16/h1-8,16H,11,17H2. The van der Waals surface area contributed by atoms with Gasteiger partial charge in [-0.3, -0.25) is 0 Å². The highest BCUT2D eigenvalue weighted by Crippen LogP contribution is 2.31. The van der Waals surface area contributed by atoms with Gasteiger partial charge in [0.2, 0.25) is 0 Å². The zero-order valence-electron chi connectivity index (χ0n) is 9.48. The second-order valence-electron chi connectivity index (χ2n) is 4.31. The predicted octanol–water partition coefficient (Wildman–Crippen LogP) is 3.56. The van der Waals surface area contributed by atoms with E-state index in [9.17, 15) is 0 Å². The second-order valence-corrected chi connectivity index (χ2v) is 5.11. The van der Waals surface area contributed by atoms with Crippen molar-refractivity contribution in [2.45, 2.75) is 12.1 Å². The molecule has 0 aliphatic heterocycles. The Morgan fingerprint density at radius 1 is 0.882 bits per heavy atom. The van der Waals surface area contributed by atoms with E-state index in [4.69, 9.17) is 0 Å². The Morgan fingerprint density at radius 3 is 2.41 bits per heavy atom. The average Bonchev–Trinajstić information content (AvgIpc) is 2.36. The minimum Gasteiger partial charge on any atom is -0.129 e. The van der Waals surface area contributed by atoms with Crippen molar-refractivity contribution in [1.29, 1.82) is 0 Å². The highest BCUT2D eigenvalue weighted by Gasteiger charge is 2.13. The first-order chi connectivity index (χ1) is 8.34. The van der Waals surface area contributed by atoms with Crippen LogP contribution < -0.4 is 0 Å². The number of hydrogen-bond acceptors (Lipinski definition) is 0. The van der Waals surface area contributed by atoms with Crippen LogP contribution in [0.15, 0.2) is 48.5 Å². The minimum atomic E-state index is 0.446. The molecule has 82 valence electrons. The molecular weight excluding hydrogens is 223 g/mol. The maximum atomic E-state index is 3.29. The molecule has 0 N–H and O–H groups in total. The lowest BCUT2D eigenvalue weighted by Gasteiger charge is -2.16. The second kappa shape index (κ2) is 4.36. The monoisotopic (exact) mass is 236 g/mol. The van der Waals surface area contributed by atoms with Crippen LogP contribution in [-0.4, -0.2) is 0 Å². The van der Waals surface area contributed by atoms with Gasteiger partial charge in [0, 0.05) is 16.8 Å². The van der Waals surface area contributed by atoms with Crippen molar-refractivity contribution < 1.29 is 0 Å². The lowest BCUT2D eigenvalue weighted by Crippen LogP contribution is -2.02. The molecule has 2 atom stereocenters. The van der Waals surface area contributed by atoms with E-state index in [1.165, 1.54) is 11.1 Å². The molecule has 0 saturated heterocycles. The van der Waals surface area contributed by atoms with Crippen molar-refractivity contribution in [3.63, 3.8) is 0 Å². The molecule has 2 unspecified atom stereocenters. The smallest absolute Gasteiger partial charge is 0.0287 e. The van der Waals surface area contributed by atoms with E-state index in [0.29, 0.717) is 5.66 Å². The first kappa shape index (κ1) is 10.6. The van der Waals surface area contributed by atoms with E-state index in [1.54, 1.807) is 0 Å². The van der Waals surface area contributed by atoms with E-state index in [1.807, 2.05) is 0 Å². The Bertz CT molecular complexity index is 617. The van der Waals surface area contributed by atoms with Gasteiger partial charge in [0.1, 0.15) is 0 Å². The third-order valence-electron chi connectivity index (χ3n) is 3.15. The van der Waals surface area contributed by atoms with Gasteiger partial charge in [-0.15, -0.1) is 9.24 Å². The van der Waals surface area contributed by atoms with Gasteiger partial charge in [-0.1, -0.05) is 48.2 Å². The molecule has 2 aromatic rings. The fourth-order valence-electron chi connectivity index (χ4n) is 2.24. The molecule has 17 heavy (non-hydrogen) atoms. The number of benzene rings is 2. The molecule has 0 spiro atoms. The van der Waals surface area contributed by atoms with Gasteiger partial charge in [0.15, 0.2) is 0 Å². The zero-order chi connectivity index (χ0) is 11.7. The molecule has 2 aromatic carbocycles. The predicted molar refractivity (Wildman–Crippen MR) is 75.0 cm³/mol. The number of fused-ring (bicyclic) bond motifs is 2. The third kappa shape index (κ3) is 1.99.